The number of rotatable bonds is 4. The first-order chi connectivity index (χ1) is 10.5. The van der Waals surface area contributed by atoms with Crippen molar-refractivity contribution in [3.63, 3.8) is 0 Å². The van der Waals surface area contributed by atoms with Crippen molar-refractivity contribution in [2.45, 2.75) is 0 Å². The van der Waals surface area contributed by atoms with Gasteiger partial charge in [-0.3, -0.25) is 20.4 Å². The Morgan fingerprint density at radius 2 is 1.82 bits per heavy atom. The molecule has 0 fully saturated rings. The lowest BCUT2D eigenvalue weighted by Gasteiger charge is -2.10. The van der Waals surface area contributed by atoms with Gasteiger partial charge in [0.05, 0.1) is 14.9 Å². The first-order valence-corrected chi connectivity index (χ1v) is 7.60. The predicted octanol–water partition coefficient (Wildman–Crippen LogP) is 3.29. The van der Waals surface area contributed by atoms with Gasteiger partial charge in [-0.2, -0.15) is 0 Å². The molecule has 2 rings (SSSR count). The lowest BCUT2D eigenvalue weighted by atomic mass is 10.3. The molecule has 3 N–H and O–H groups in total. The Hall–Kier alpha value is -2.02. The van der Waals surface area contributed by atoms with Crippen molar-refractivity contribution in [3.8, 4) is 0 Å². The third kappa shape index (κ3) is 4.49. The molecule has 5 nitrogen and oxygen atoms in total. The number of hydrazine groups is 1. The number of hydrogen-bond donors (Lipinski definition) is 3. The fourth-order valence-electron chi connectivity index (χ4n) is 1.48. The summed E-state index contributed by atoms with van der Waals surface area (Å²) in [5, 5.41) is 2.88. The van der Waals surface area contributed by atoms with E-state index in [0.717, 1.165) is 4.88 Å². The van der Waals surface area contributed by atoms with E-state index in [2.05, 4.69) is 22.7 Å². The third-order valence-corrected chi connectivity index (χ3v) is 4.01. The minimum absolute atomic E-state index is 0.427. The van der Waals surface area contributed by atoms with Crippen molar-refractivity contribution >= 4 is 57.7 Å². The molecule has 0 saturated heterocycles. The number of halogens is 2. The van der Waals surface area contributed by atoms with Crippen molar-refractivity contribution in [1.82, 2.24) is 10.9 Å². The van der Waals surface area contributed by atoms with Gasteiger partial charge in [0, 0.05) is 10.7 Å². The molecular weight excluding hydrogens is 345 g/mol. The third-order valence-electron chi connectivity index (χ3n) is 2.49. The molecule has 0 unspecified atom stereocenters. The monoisotopic (exact) mass is 355 g/mol. The molecule has 0 radical (unpaired) electrons. The Labute approximate surface area is 140 Å². The van der Waals surface area contributed by atoms with Gasteiger partial charge < -0.3 is 5.32 Å². The quantitative estimate of drug-likeness (QED) is 0.582. The highest BCUT2D eigenvalue weighted by Gasteiger charge is 2.14. The summed E-state index contributed by atoms with van der Waals surface area (Å²) in [6.07, 6.45) is 0. The minimum Gasteiger partial charge on any atom is -0.318 e. The average molecular weight is 356 g/mol. The molecule has 8 heteroatoms. The van der Waals surface area contributed by atoms with Crippen LogP contribution in [-0.4, -0.2) is 11.8 Å². The van der Waals surface area contributed by atoms with Crippen LogP contribution in [0.1, 0.15) is 4.88 Å². The van der Waals surface area contributed by atoms with E-state index < -0.39 is 11.8 Å². The minimum atomic E-state index is -0.858. The highest BCUT2D eigenvalue weighted by Crippen LogP contribution is 2.25. The lowest BCUT2D eigenvalue weighted by Crippen LogP contribution is -2.42. The average Bonchev–Trinajstić information content (AvgIpc) is 2.91. The van der Waals surface area contributed by atoms with Gasteiger partial charge in [0.15, 0.2) is 0 Å². The summed E-state index contributed by atoms with van der Waals surface area (Å²) in [6, 6.07) is 9.94. The number of carbonyl (C=O) groups excluding carboxylic acids is 2. The van der Waals surface area contributed by atoms with Crippen LogP contribution in [0.25, 0.3) is 5.70 Å². The number of thiophene rings is 1. The van der Waals surface area contributed by atoms with Crippen LogP contribution >= 0.6 is 34.5 Å². The lowest BCUT2D eigenvalue weighted by molar-refractivity contribution is -0.136. The van der Waals surface area contributed by atoms with E-state index in [1.807, 2.05) is 0 Å². The summed E-state index contributed by atoms with van der Waals surface area (Å²) in [5.41, 5.74) is 5.67. The number of benzene rings is 1. The van der Waals surface area contributed by atoms with Crippen molar-refractivity contribution in [1.29, 1.82) is 0 Å². The number of anilines is 1. The van der Waals surface area contributed by atoms with Gasteiger partial charge in [0.25, 0.3) is 0 Å². The molecule has 22 heavy (non-hydrogen) atoms. The smallest absolute Gasteiger partial charge is 0.318 e. The fraction of sp³-hybridized carbons (Fsp3) is 0. The highest BCUT2D eigenvalue weighted by atomic mass is 35.5. The van der Waals surface area contributed by atoms with Crippen molar-refractivity contribution in [2.24, 2.45) is 0 Å². The van der Waals surface area contributed by atoms with Crippen LogP contribution in [0, 0.1) is 0 Å². The van der Waals surface area contributed by atoms with Crippen LogP contribution in [0.15, 0.2) is 43.0 Å². The maximum absolute atomic E-state index is 11.7. The SMILES string of the molecule is C=C(NNC(=O)C(=O)Nc1cccc(Cl)c1)c1ccc(Cl)s1. The summed E-state index contributed by atoms with van der Waals surface area (Å²) >= 11 is 12.9. The van der Waals surface area contributed by atoms with E-state index in [9.17, 15) is 9.59 Å². The molecule has 0 bridgehead atoms. The molecule has 2 aromatic rings. The Morgan fingerprint density at radius 3 is 2.45 bits per heavy atom. The molecule has 2 amide bonds. The molecule has 0 aliphatic carbocycles. The Morgan fingerprint density at radius 1 is 1.05 bits per heavy atom. The molecule has 0 aliphatic heterocycles. The van der Waals surface area contributed by atoms with Gasteiger partial charge in [-0.25, -0.2) is 0 Å². The molecular formula is C14H11Cl2N3O2S. The van der Waals surface area contributed by atoms with Crippen LogP contribution in [0.3, 0.4) is 0 Å². The first-order valence-electron chi connectivity index (χ1n) is 6.03. The molecule has 0 saturated carbocycles. The summed E-state index contributed by atoms with van der Waals surface area (Å²) < 4.78 is 0.600. The molecule has 0 spiro atoms. The van der Waals surface area contributed by atoms with E-state index >= 15 is 0 Å². The molecule has 1 aromatic carbocycles. The van der Waals surface area contributed by atoms with Crippen LogP contribution in [-0.2, 0) is 9.59 Å². The van der Waals surface area contributed by atoms with E-state index in [1.54, 1.807) is 30.3 Å². The normalized spacial score (nSPS) is 9.91. The first kappa shape index (κ1) is 16.4. The zero-order valence-corrected chi connectivity index (χ0v) is 13.5. The van der Waals surface area contributed by atoms with E-state index in [-0.39, 0.29) is 0 Å². The van der Waals surface area contributed by atoms with Gasteiger partial charge in [0.1, 0.15) is 0 Å². The van der Waals surface area contributed by atoms with Crippen molar-refractivity contribution in [2.75, 3.05) is 5.32 Å². The van der Waals surface area contributed by atoms with Crippen LogP contribution in [0.4, 0.5) is 5.69 Å². The summed E-state index contributed by atoms with van der Waals surface area (Å²) in [6.45, 7) is 3.74. The second-order valence-corrected chi connectivity index (χ2v) is 6.28. The molecule has 114 valence electrons. The largest absolute Gasteiger partial charge is 0.327 e. The Bertz CT molecular complexity index is 730. The highest BCUT2D eigenvalue weighted by molar-refractivity contribution is 7.17. The van der Waals surface area contributed by atoms with Crippen LogP contribution in [0.2, 0.25) is 9.36 Å². The summed E-state index contributed by atoms with van der Waals surface area (Å²) in [4.78, 5) is 24.2. The Kier molecular flexibility index (Phi) is 5.43. The zero-order valence-electron chi connectivity index (χ0n) is 11.2. The predicted molar refractivity (Wildman–Crippen MR) is 89.7 cm³/mol. The fourth-order valence-corrected chi connectivity index (χ4v) is 2.64. The number of amides is 2. The Balaban J connectivity index is 1.86. The van der Waals surface area contributed by atoms with Crippen LogP contribution in [0.5, 0.6) is 0 Å². The van der Waals surface area contributed by atoms with E-state index in [4.69, 9.17) is 23.2 Å². The molecule has 0 aliphatic rings. The van der Waals surface area contributed by atoms with Gasteiger partial charge in [-0.15, -0.1) is 11.3 Å². The van der Waals surface area contributed by atoms with E-state index in [1.165, 1.54) is 17.4 Å². The van der Waals surface area contributed by atoms with Crippen molar-refractivity contribution in [3.05, 3.63) is 57.2 Å². The number of hydrogen-bond acceptors (Lipinski definition) is 4. The van der Waals surface area contributed by atoms with Gasteiger partial charge in [0.2, 0.25) is 0 Å². The van der Waals surface area contributed by atoms with Gasteiger partial charge in [-0.1, -0.05) is 35.8 Å². The van der Waals surface area contributed by atoms with Crippen molar-refractivity contribution < 1.29 is 9.59 Å². The molecule has 0 atom stereocenters. The maximum atomic E-state index is 11.7. The maximum Gasteiger partial charge on any atom is 0.327 e. The number of nitrogens with one attached hydrogen (secondary N) is 3. The van der Waals surface area contributed by atoms with E-state index in [0.29, 0.717) is 20.7 Å². The topological polar surface area (TPSA) is 70.2 Å². The van der Waals surface area contributed by atoms with Gasteiger partial charge in [-0.05, 0) is 30.3 Å². The molecule has 1 aromatic heterocycles. The van der Waals surface area contributed by atoms with Gasteiger partial charge >= 0.3 is 11.8 Å². The molecule has 1 heterocycles. The second-order valence-electron chi connectivity index (χ2n) is 4.13. The number of carbonyl (C=O) groups is 2. The van der Waals surface area contributed by atoms with Crippen LogP contribution < -0.4 is 16.2 Å². The summed E-state index contributed by atoms with van der Waals surface area (Å²) in [5.74, 6) is -1.68. The zero-order chi connectivity index (χ0) is 16.1. The second kappa shape index (κ2) is 7.31. The summed E-state index contributed by atoms with van der Waals surface area (Å²) in [7, 11) is 0. The standard InChI is InChI=1S/C14H11Cl2N3O2S/c1-8(11-5-6-12(16)22-11)18-19-14(21)13(20)17-10-4-2-3-9(15)7-10/h2-7,18H,1H2,(H,17,20)(H,19,21).